The topological polar surface area (TPSA) is 95.9 Å². The van der Waals surface area contributed by atoms with Crippen LogP contribution < -0.4 is 4.84 Å². The molecule has 0 bridgehead atoms. The van der Waals surface area contributed by atoms with Gasteiger partial charge >= 0.3 is 15.9 Å². The van der Waals surface area contributed by atoms with Crippen LogP contribution in [0.15, 0.2) is 0 Å². The maximum absolute atomic E-state index is 10.7. The predicted octanol–water partition coefficient (Wildman–Crippen LogP) is 0.314. The zero-order valence-corrected chi connectivity index (χ0v) is 8.01. The van der Waals surface area contributed by atoms with Gasteiger partial charge in [0.15, 0.2) is 0 Å². The van der Waals surface area contributed by atoms with Crippen molar-refractivity contribution < 1.29 is 23.2 Å². The summed E-state index contributed by atoms with van der Waals surface area (Å²) in [6, 6.07) is 0. The summed E-state index contributed by atoms with van der Waals surface area (Å²) < 4.78 is 24.5. The molecule has 0 spiro atoms. The van der Waals surface area contributed by atoms with Crippen molar-refractivity contribution in [3.63, 3.8) is 0 Å². The van der Waals surface area contributed by atoms with Gasteiger partial charge in [-0.15, -0.1) is 0 Å². The van der Waals surface area contributed by atoms with Gasteiger partial charge in [0.2, 0.25) is 0 Å². The van der Waals surface area contributed by atoms with Gasteiger partial charge in [-0.3, -0.25) is 9.13 Å². The lowest BCUT2D eigenvalue weighted by atomic mass is 10.8. The lowest BCUT2D eigenvalue weighted by Crippen LogP contribution is -2.06. The van der Waals surface area contributed by atoms with Crippen LogP contribution in [0.3, 0.4) is 0 Å². The Labute approximate surface area is 69.1 Å². The maximum Gasteiger partial charge on any atom is 0.336 e. The molecule has 6 nitrogen and oxygen atoms in total. The summed E-state index contributed by atoms with van der Waals surface area (Å²) in [6.45, 7) is 0.0322. The molecule has 0 aliphatic rings. The van der Waals surface area contributed by atoms with Gasteiger partial charge in [-0.25, -0.2) is 9.15 Å². The third kappa shape index (κ3) is 6.97. The van der Waals surface area contributed by atoms with Gasteiger partial charge in [0.25, 0.3) is 0 Å². The van der Waals surface area contributed by atoms with Gasteiger partial charge in [-0.05, 0) is 11.8 Å². The standard InChI is InChI=1S/C2H8ClNO5P2/c3-4-1-2-11(7,8)9-10(5)6/h4,10H,1-2H2,(H,5,6)(H,7,8). The highest BCUT2D eigenvalue weighted by Crippen LogP contribution is 2.48. The largest absolute Gasteiger partial charge is 0.336 e. The lowest BCUT2D eigenvalue weighted by molar-refractivity contribution is 0.350. The third-order valence-corrected chi connectivity index (χ3v) is 3.45. The first kappa shape index (κ1) is 11.6. The molecule has 0 fully saturated rings. The lowest BCUT2D eigenvalue weighted by Gasteiger charge is -2.07. The van der Waals surface area contributed by atoms with E-state index in [2.05, 4.69) is 9.15 Å². The van der Waals surface area contributed by atoms with E-state index < -0.39 is 15.9 Å². The highest BCUT2D eigenvalue weighted by atomic mass is 35.5. The van der Waals surface area contributed by atoms with Crippen LogP contribution in [-0.4, -0.2) is 22.5 Å². The minimum absolute atomic E-state index is 0.0322. The summed E-state index contributed by atoms with van der Waals surface area (Å²) in [5, 5.41) is 0. The number of nitrogens with one attached hydrogen (secondary N) is 1. The second-order valence-electron chi connectivity index (χ2n) is 1.60. The first-order valence-corrected chi connectivity index (χ1v) is 5.96. The molecule has 0 amide bonds. The molecular formula is C2H8ClNO5P2. The van der Waals surface area contributed by atoms with Crippen molar-refractivity contribution in [1.82, 2.24) is 4.84 Å². The van der Waals surface area contributed by atoms with Crippen LogP contribution >= 0.6 is 27.6 Å². The monoisotopic (exact) mass is 223 g/mol. The summed E-state index contributed by atoms with van der Waals surface area (Å²) in [7, 11) is -7.28. The van der Waals surface area contributed by atoms with E-state index in [0.717, 1.165) is 0 Å². The summed E-state index contributed by atoms with van der Waals surface area (Å²) in [4.78, 5) is 18.9. The normalized spacial score (nSPS) is 19.2. The van der Waals surface area contributed by atoms with Crippen LogP contribution in [-0.2, 0) is 13.4 Å². The highest BCUT2D eigenvalue weighted by molar-refractivity contribution is 7.59. The Morgan fingerprint density at radius 2 is 2.27 bits per heavy atom. The van der Waals surface area contributed by atoms with Crippen molar-refractivity contribution in [2.75, 3.05) is 12.7 Å². The number of rotatable bonds is 5. The van der Waals surface area contributed by atoms with E-state index in [1.165, 1.54) is 0 Å². The Morgan fingerprint density at radius 1 is 1.73 bits per heavy atom. The Bertz CT molecular complexity index is 185. The fourth-order valence-electron chi connectivity index (χ4n) is 0.351. The van der Waals surface area contributed by atoms with Crippen LogP contribution in [0.4, 0.5) is 0 Å². The predicted molar refractivity (Wildman–Crippen MR) is 40.9 cm³/mol. The average molecular weight is 223 g/mol. The van der Waals surface area contributed by atoms with E-state index in [0.29, 0.717) is 0 Å². The SMILES string of the molecule is O=[PH](O)OP(=O)(O)CCNCl. The first-order valence-electron chi connectivity index (χ1n) is 2.56. The number of hydrogen-bond donors (Lipinski definition) is 3. The fraction of sp³-hybridized carbons (Fsp3) is 1.00. The van der Waals surface area contributed by atoms with Crippen LogP contribution in [0.25, 0.3) is 0 Å². The molecule has 9 heteroatoms. The second-order valence-corrected chi connectivity index (χ2v) is 4.85. The molecule has 0 aromatic carbocycles. The maximum atomic E-state index is 10.7. The summed E-state index contributed by atoms with van der Waals surface area (Å²) >= 11 is 4.97. The second kappa shape index (κ2) is 5.27. The highest BCUT2D eigenvalue weighted by Gasteiger charge is 2.20. The van der Waals surface area contributed by atoms with E-state index in [1.54, 1.807) is 0 Å². The summed E-state index contributed by atoms with van der Waals surface area (Å²) in [5.41, 5.74) is 0. The molecule has 0 radical (unpaired) electrons. The molecule has 0 saturated heterocycles. The number of halogens is 1. The molecule has 11 heavy (non-hydrogen) atoms. The summed E-state index contributed by atoms with van der Waals surface area (Å²) in [6.07, 6.45) is -0.298. The zero-order valence-electron chi connectivity index (χ0n) is 5.36. The quantitative estimate of drug-likeness (QED) is 0.459. The van der Waals surface area contributed by atoms with Crippen molar-refractivity contribution in [1.29, 1.82) is 0 Å². The molecule has 0 aromatic heterocycles. The van der Waals surface area contributed by atoms with Crippen molar-refractivity contribution >= 4 is 27.6 Å². The zero-order chi connectivity index (χ0) is 8.91. The molecule has 0 aromatic rings. The Hall–Kier alpha value is 0.590. The molecule has 0 saturated carbocycles. The molecule has 3 N–H and O–H groups in total. The fourth-order valence-corrected chi connectivity index (χ4v) is 2.31. The van der Waals surface area contributed by atoms with Crippen LogP contribution in [0.5, 0.6) is 0 Å². The number of hydrogen-bond acceptors (Lipinski definition) is 4. The van der Waals surface area contributed by atoms with Crippen molar-refractivity contribution in [3.8, 4) is 0 Å². The molecule has 2 unspecified atom stereocenters. The van der Waals surface area contributed by atoms with Gasteiger partial charge in [0.1, 0.15) is 0 Å². The first-order chi connectivity index (χ1) is 4.98. The van der Waals surface area contributed by atoms with E-state index >= 15 is 0 Å². The Morgan fingerprint density at radius 3 is 2.64 bits per heavy atom. The smallest absolute Gasteiger partial charge is 0.326 e. The Kier molecular flexibility index (Phi) is 5.56. The molecule has 2 atom stereocenters. The van der Waals surface area contributed by atoms with E-state index in [4.69, 9.17) is 21.6 Å². The average Bonchev–Trinajstić information content (AvgIpc) is 1.81. The van der Waals surface area contributed by atoms with Gasteiger partial charge < -0.3 is 9.79 Å². The van der Waals surface area contributed by atoms with Crippen molar-refractivity contribution in [2.24, 2.45) is 0 Å². The molecule has 0 aliphatic heterocycles. The van der Waals surface area contributed by atoms with E-state index in [1.807, 2.05) is 0 Å². The van der Waals surface area contributed by atoms with Gasteiger partial charge in [0, 0.05) is 6.54 Å². The van der Waals surface area contributed by atoms with Gasteiger partial charge in [0.05, 0.1) is 6.16 Å². The minimum Gasteiger partial charge on any atom is -0.326 e. The van der Waals surface area contributed by atoms with Crippen LogP contribution in [0.2, 0.25) is 0 Å². The summed E-state index contributed by atoms with van der Waals surface area (Å²) in [5.74, 6) is 0. The van der Waals surface area contributed by atoms with E-state index in [9.17, 15) is 9.13 Å². The molecule has 68 valence electrons. The Balaban J connectivity index is 3.80. The van der Waals surface area contributed by atoms with Crippen molar-refractivity contribution in [2.45, 2.75) is 0 Å². The molecule has 0 heterocycles. The minimum atomic E-state index is -3.93. The van der Waals surface area contributed by atoms with Crippen LogP contribution in [0, 0.1) is 0 Å². The van der Waals surface area contributed by atoms with Crippen molar-refractivity contribution in [3.05, 3.63) is 0 Å². The van der Waals surface area contributed by atoms with Gasteiger partial charge in [-0.1, -0.05) is 0 Å². The molecule has 0 rings (SSSR count). The molecule has 0 aliphatic carbocycles. The molecular weight excluding hydrogens is 215 g/mol. The van der Waals surface area contributed by atoms with Crippen LogP contribution in [0.1, 0.15) is 0 Å². The third-order valence-electron chi connectivity index (χ3n) is 0.710. The van der Waals surface area contributed by atoms with Gasteiger partial charge in [-0.2, -0.15) is 0 Å². The van der Waals surface area contributed by atoms with E-state index in [-0.39, 0.29) is 12.7 Å².